The van der Waals surface area contributed by atoms with Crippen molar-refractivity contribution in [1.82, 2.24) is 20.0 Å². The molecule has 116 valence electrons. The zero-order valence-electron chi connectivity index (χ0n) is 12.0. The highest BCUT2D eigenvalue weighted by atomic mass is 79.9. The number of aryl methyl sites for hydroxylation is 1. The molecule has 2 heterocycles. The summed E-state index contributed by atoms with van der Waals surface area (Å²) in [6.45, 7) is 1.85. The highest BCUT2D eigenvalue weighted by Crippen LogP contribution is 2.22. The van der Waals surface area contributed by atoms with Crippen molar-refractivity contribution in [2.45, 2.75) is 6.92 Å². The van der Waals surface area contributed by atoms with Crippen LogP contribution in [0.2, 0.25) is 5.02 Å². The Kier molecular flexibility index (Phi) is 4.40. The molecule has 0 spiro atoms. The second-order valence-electron chi connectivity index (χ2n) is 4.74. The summed E-state index contributed by atoms with van der Waals surface area (Å²) in [5.41, 5.74) is 1.23. The van der Waals surface area contributed by atoms with Gasteiger partial charge in [0.15, 0.2) is 5.82 Å². The molecule has 0 atom stereocenters. The van der Waals surface area contributed by atoms with Crippen LogP contribution < -0.4 is 5.32 Å². The normalized spacial score (nSPS) is 10.6. The minimum absolute atomic E-state index is 0.304. The van der Waals surface area contributed by atoms with Gasteiger partial charge in [-0.25, -0.2) is 0 Å². The number of hydrogen-bond donors (Lipinski definition) is 1. The predicted molar refractivity (Wildman–Crippen MR) is 91.0 cm³/mol. The Balaban J connectivity index is 1.89. The first kappa shape index (κ1) is 15.6. The highest BCUT2D eigenvalue weighted by molar-refractivity contribution is 9.10. The van der Waals surface area contributed by atoms with E-state index in [1.165, 1.54) is 4.68 Å². The summed E-state index contributed by atoms with van der Waals surface area (Å²) in [5, 5.41) is 15.5. The number of rotatable bonds is 3. The van der Waals surface area contributed by atoms with Gasteiger partial charge >= 0.3 is 0 Å². The van der Waals surface area contributed by atoms with E-state index in [9.17, 15) is 4.79 Å². The summed E-state index contributed by atoms with van der Waals surface area (Å²) < 4.78 is 2.16. The Morgan fingerprint density at radius 2 is 2.04 bits per heavy atom. The molecule has 0 radical (unpaired) electrons. The van der Waals surface area contributed by atoms with Crippen molar-refractivity contribution in [3.8, 4) is 5.82 Å². The van der Waals surface area contributed by atoms with Crippen molar-refractivity contribution in [1.29, 1.82) is 0 Å². The smallest absolute Gasteiger partial charge is 0.258 e. The summed E-state index contributed by atoms with van der Waals surface area (Å²) in [4.78, 5) is 12.4. The Labute approximate surface area is 145 Å². The van der Waals surface area contributed by atoms with Crippen LogP contribution in [0.4, 0.5) is 5.82 Å². The zero-order valence-corrected chi connectivity index (χ0v) is 14.3. The fourth-order valence-electron chi connectivity index (χ4n) is 1.94. The van der Waals surface area contributed by atoms with Gasteiger partial charge < -0.3 is 5.32 Å². The summed E-state index contributed by atoms with van der Waals surface area (Å²) in [6.07, 6.45) is 1.57. The zero-order chi connectivity index (χ0) is 16.4. The lowest BCUT2D eigenvalue weighted by molar-refractivity contribution is 0.102. The largest absolute Gasteiger partial charge is 0.306 e. The summed E-state index contributed by atoms with van der Waals surface area (Å²) >= 11 is 9.29. The van der Waals surface area contributed by atoms with Crippen LogP contribution in [0.3, 0.4) is 0 Å². The van der Waals surface area contributed by atoms with Crippen LogP contribution in [-0.2, 0) is 0 Å². The summed E-state index contributed by atoms with van der Waals surface area (Å²) in [5.74, 6) is 0.697. The molecule has 1 N–H and O–H groups in total. The van der Waals surface area contributed by atoms with Crippen LogP contribution >= 0.6 is 27.5 Å². The van der Waals surface area contributed by atoms with Crippen LogP contribution in [0, 0.1) is 6.92 Å². The maximum atomic E-state index is 12.4. The molecule has 0 saturated carbocycles. The first-order valence-corrected chi connectivity index (χ1v) is 7.83. The van der Waals surface area contributed by atoms with Crippen LogP contribution in [0.25, 0.3) is 5.82 Å². The van der Waals surface area contributed by atoms with Gasteiger partial charge in [-0.2, -0.15) is 14.9 Å². The highest BCUT2D eigenvalue weighted by Gasteiger charge is 2.14. The van der Waals surface area contributed by atoms with Gasteiger partial charge in [0.05, 0.1) is 17.5 Å². The van der Waals surface area contributed by atoms with Gasteiger partial charge in [-0.3, -0.25) is 4.79 Å². The van der Waals surface area contributed by atoms with Gasteiger partial charge in [-0.05, 0) is 53.2 Å². The molecule has 0 aliphatic carbocycles. The van der Waals surface area contributed by atoms with Gasteiger partial charge in [-0.15, -0.1) is 5.10 Å². The fourth-order valence-corrected chi connectivity index (χ4v) is 2.54. The minimum Gasteiger partial charge on any atom is -0.306 e. The topological polar surface area (TPSA) is 72.7 Å². The molecule has 0 aliphatic rings. The minimum atomic E-state index is -0.304. The molecule has 2 aromatic heterocycles. The second-order valence-corrected chi connectivity index (χ2v) is 6.03. The molecular weight excluding hydrogens is 382 g/mol. The number of carbonyl (C=O) groups is 1. The van der Waals surface area contributed by atoms with Gasteiger partial charge in [0.2, 0.25) is 0 Å². The van der Waals surface area contributed by atoms with Crippen molar-refractivity contribution in [3.63, 3.8) is 0 Å². The molecule has 0 unspecified atom stereocenters. The number of aromatic nitrogens is 4. The Hall–Kier alpha value is -2.25. The van der Waals surface area contributed by atoms with Crippen LogP contribution in [0.15, 0.2) is 47.1 Å². The quantitative estimate of drug-likeness (QED) is 0.738. The van der Waals surface area contributed by atoms with Crippen molar-refractivity contribution < 1.29 is 4.79 Å². The van der Waals surface area contributed by atoms with E-state index >= 15 is 0 Å². The number of benzene rings is 1. The van der Waals surface area contributed by atoms with Crippen molar-refractivity contribution in [2.75, 3.05) is 5.32 Å². The molecule has 1 amide bonds. The number of nitrogens with zero attached hydrogens (tertiary/aromatic N) is 4. The van der Waals surface area contributed by atoms with E-state index in [-0.39, 0.29) is 5.91 Å². The molecule has 3 rings (SSSR count). The predicted octanol–water partition coefficient (Wildman–Crippen LogP) is 3.64. The Morgan fingerprint density at radius 3 is 2.78 bits per heavy atom. The van der Waals surface area contributed by atoms with Crippen molar-refractivity contribution in [3.05, 3.63) is 63.3 Å². The third kappa shape index (κ3) is 3.40. The molecule has 0 fully saturated rings. The first-order chi connectivity index (χ1) is 11.0. The van der Waals surface area contributed by atoms with Gasteiger partial charge in [0, 0.05) is 15.6 Å². The maximum Gasteiger partial charge on any atom is 0.258 e. The molecule has 6 nitrogen and oxygen atoms in total. The molecule has 0 saturated heterocycles. The molecule has 0 bridgehead atoms. The third-order valence-electron chi connectivity index (χ3n) is 3.06. The SMILES string of the molecule is Cc1ccc(-n2nccc2NC(=O)c2cc(Cl)ccc2Br)nn1. The summed E-state index contributed by atoms with van der Waals surface area (Å²) in [7, 11) is 0. The summed E-state index contributed by atoms with van der Waals surface area (Å²) in [6, 6.07) is 10.3. The first-order valence-electron chi connectivity index (χ1n) is 6.66. The van der Waals surface area contributed by atoms with Crippen LogP contribution in [0.5, 0.6) is 0 Å². The molecule has 23 heavy (non-hydrogen) atoms. The van der Waals surface area contributed by atoms with Crippen molar-refractivity contribution in [2.24, 2.45) is 0 Å². The lowest BCUT2D eigenvalue weighted by Gasteiger charge is -2.09. The monoisotopic (exact) mass is 391 g/mol. The Bertz CT molecular complexity index is 863. The number of carbonyl (C=O) groups excluding carboxylic acids is 1. The molecule has 1 aromatic carbocycles. The lowest BCUT2D eigenvalue weighted by Crippen LogP contribution is -2.16. The number of halogens is 2. The van der Waals surface area contributed by atoms with E-state index in [2.05, 4.69) is 36.5 Å². The standard InChI is InChI=1S/C15H11BrClN5O/c1-9-2-5-14(21-20-9)22-13(6-7-18-22)19-15(23)11-8-10(17)3-4-12(11)16/h2-8H,1H3,(H,19,23). The molecule has 8 heteroatoms. The van der Waals surface area contributed by atoms with E-state index in [1.807, 2.05) is 13.0 Å². The van der Waals surface area contributed by atoms with Crippen molar-refractivity contribution >= 4 is 39.3 Å². The third-order valence-corrected chi connectivity index (χ3v) is 3.98. The fraction of sp³-hybridized carbons (Fsp3) is 0.0667. The van der Waals surface area contributed by atoms with E-state index < -0.39 is 0 Å². The van der Waals surface area contributed by atoms with Crippen LogP contribution in [0.1, 0.15) is 16.1 Å². The average molecular weight is 393 g/mol. The van der Waals surface area contributed by atoms with E-state index in [4.69, 9.17) is 11.6 Å². The molecule has 3 aromatic rings. The Morgan fingerprint density at radius 1 is 1.22 bits per heavy atom. The average Bonchev–Trinajstić information content (AvgIpc) is 2.98. The van der Waals surface area contributed by atoms with Crippen LogP contribution in [-0.4, -0.2) is 25.9 Å². The number of amides is 1. The van der Waals surface area contributed by atoms with E-state index in [1.54, 1.807) is 36.5 Å². The van der Waals surface area contributed by atoms with Gasteiger partial charge in [0.1, 0.15) is 5.82 Å². The lowest BCUT2D eigenvalue weighted by atomic mass is 10.2. The number of nitrogens with one attached hydrogen (secondary N) is 1. The molecule has 0 aliphatic heterocycles. The molecular formula is C15H11BrClN5O. The van der Waals surface area contributed by atoms with Gasteiger partial charge in [0.25, 0.3) is 5.91 Å². The maximum absolute atomic E-state index is 12.4. The van der Waals surface area contributed by atoms with E-state index in [0.29, 0.717) is 26.7 Å². The number of hydrogen-bond acceptors (Lipinski definition) is 4. The van der Waals surface area contributed by atoms with Gasteiger partial charge in [-0.1, -0.05) is 11.6 Å². The van der Waals surface area contributed by atoms with E-state index in [0.717, 1.165) is 5.69 Å². The number of anilines is 1. The second kappa shape index (κ2) is 6.47.